The summed E-state index contributed by atoms with van der Waals surface area (Å²) in [5, 5.41) is 9.16. The van der Waals surface area contributed by atoms with Crippen molar-refractivity contribution in [1.82, 2.24) is 0 Å². The second kappa shape index (κ2) is 7.30. The van der Waals surface area contributed by atoms with Gasteiger partial charge in [-0.25, -0.2) is 4.79 Å². The zero-order chi connectivity index (χ0) is 17.9. The second-order valence-electron chi connectivity index (χ2n) is 5.25. The van der Waals surface area contributed by atoms with E-state index in [4.69, 9.17) is 14.2 Å². The zero-order valence-corrected chi connectivity index (χ0v) is 14.5. The van der Waals surface area contributed by atoms with Crippen LogP contribution in [0, 0.1) is 6.92 Å². The molecule has 1 aliphatic heterocycles. The summed E-state index contributed by atoms with van der Waals surface area (Å²) in [5.74, 6) is -1.62. The number of esters is 1. The lowest BCUT2D eigenvalue weighted by molar-refractivity contribution is -0.142. The van der Waals surface area contributed by atoms with Gasteiger partial charge in [-0.15, -0.1) is 0 Å². The molecule has 1 aliphatic rings. The van der Waals surface area contributed by atoms with Crippen LogP contribution in [0.4, 0.5) is 0 Å². The quantitative estimate of drug-likeness (QED) is 0.476. The second-order valence-corrected chi connectivity index (χ2v) is 7.16. The van der Waals surface area contributed by atoms with Gasteiger partial charge < -0.3 is 14.4 Å². The number of hydrogen-bond acceptors (Lipinski definition) is 6. The lowest BCUT2D eigenvalue weighted by Gasteiger charge is -2.14. The Kier molecular flexibility index (Phi) is 5.59. The number of aliphatic carboxylic acids is 1. The van der Waals surface area contributed by atoms with Crippen LogP contribution < -0.4 is 5.30 Å². The molecule has 1 aromatic rings. The summed E-state index contributed by atoms with van der Waals surface area (Å²) in [4.78, 5) is 22.4. The third kappa shape index (κ3) is 3.75. The molecule has 0 amide bonds. The Labute approximate surface area is 139 Å². The van der Waals surface area contributed by atoms with Gasteiger partial charge in [0.05, 0.1) is 25.4 Å². The average molecular weight is 354 g/mol. The summed E-state index contributed by atoms with van der Waals surface area (Å²) in [5.41, 5.74) is 1.82. The first-order valence-electron chi connectivity index (χ1n) is 7.36. The summed E-state index contributed by atoms with van der Waals surface area (Å²) in [7, 11) is -2.39. The molecule has 0 aromatic heterocycles. The van der Waals surface area contributed by atoms with E-state index in [1.54, 1.807) is 19.1 Å². The highest BCUT2D eigenvalue weighted by molar-refractivity contribution is 7.62. The first-order valence-corrected chi connectivity index (χ1v) is 8.91. The van der Waals surface area contributed by atoms with E-state index in [0.29, 0.717) is 16.4 Å². The standard InChI is InChI=1S/C16H19O7P/c1-4-22-24(20)16-11(5-6-14(17)18)7-10(2)8-12(16)13(23-24)9-15(19)21-3/h5-8,13H,4,9H2,1-3H3,(H,17,18). The first-order chi connectivity index (χ1) is 11.3. The van der Waals surface area contributed by atoms with Crippen molar-refractivity contribution in [2.75, 3.05) is 13.7 Å². The molecule has 7 nitrogen and oxygen atoms in total. The van der Waals surface area contributed by atoms with E-state index in [2.05, 4.69) is 4.74 Å². The minimum Gasteiger partial charge on any atom is -0.478 e. The molecule has 0 fully saturated rings. The van der Waals surface area contributed by atoms with Crippen LogP contribution in [0.5, 0.6) is 0 Å². The fourth-order valence-electron chi connectivity index (χ4n) is 2.61. The Balaban J connectivity index is 2.59. The third-order valence-corrected chi connectivity index (χ3v) is 5.68. The summed E-state index contributed by atoms with van der Waals surface area (Å²) in [6, 6.07) is 3.47. The monoisotopic (exact) mass is 354 g/mol. The van der Waals surface area contributed by atoms with Crippen LogP contribution in [0.1, 0.15) is 36.1 Å². The van der Waals surface area contributed by atoms with Crippen molar-refractivity contribution < 1.29 is 33.0 Å². The SMILES string of the molecule is CCOP1(=O)OC(CC(=O)OC)c2cc(C)cc(C=CC(=O)O)c21. The first kappa shape index (κ1) is 18.4. The maximum atomic E-state index is 13.1. The van der Waals surface area contributed by atoms with Crippen molar-refractivity contribution in [2.24, 2.45) is 0 Å². The van der Waals surface area contributed by atoms with Gasteiger partial charge in [-0.2, -0.15) is 0 Å². The van der Waals surface area contributed by atoms with E-state index >= 15 is 0 Å². The van der Waals surface area contributed by atoms with Crippen LogP contribution in [0.15, 0.2) is 18.2 Å². The summed E-state index contributed by atoms with van der Waals surface area (Å²) in [6.07, 6.45) is 1.44. The van der Waals surface area contributed by atoms with Gasteiger partial charge in [0.1, 0.15) is 6.10 Å². The molecular formula is C16H19O7P. The number of fused-ring (bicyclic) bond motifs is 1. The molecule has 0 saturated heterocycles. The molecule has 2 atom stereocenters. The van der Waals surface area contributed by atoms with E-state index in [0.717, 1.165) is 11.6 Å². The minimum atomic E-state index is -3.65. The number of aryl methyl sites for hydroxylation is 1. The van der Waals surface area contributed by atoms with Crippen molar-refractivity contribution in [3.8, 4) is 0 Å². The highest BCUT2D eigenvalue weighted by Crippen LogP contribution is 2.59. The van der Waals surface area contributed by atoms with Crippen LogP contribution in [0.2, 0.25) is 0 Å². The Hall–Kier alpha value is -1.95. The van der Waals surface area contributed by atoms with E-state index in [-0.39, 0.29) is 13.0 Å². The molecule has 0 radical (unpaired) electrons. The molecule has 1 heterocycles. The van der Waals surface area contributed by atoms with E-state index in [1.807, 2.05) is 6.92 Å². The number of carbonyl (C=O) groups excluding carboxylic acids is 1. The summed E-state index contributed by atoms with van der Waals surface area (Å²) >= 11 is 0. The zero-order valence-electron chi connectivity index (χ0n) is 13.6. The number of carbonyl (C=O) groups is 2. The van der Waals surface area contributed by atoms with E-state index in [9.17, 15) is 14.2 Å². The van der Waals surface area contributed by atoms with E-state index < -0.39 is 25.6 Å². The average Bonchev–Trinajstić information content (AvgIpc) is 2.77. The lowest BCUT2D eigenvalue weighted by atomic mass is 10.00. The molecule has 1 aromatic carbocycles. The number of rotatable bonds is 6. The number of carboxylic acid groups (broad SMARTS) is 1. The van der Waals surface area contributed by atoms with Gasteiger partial charge in [-0.3, -0.25) is 13.9 Å². The number of methoxy groups -OCH3 is 1. The predicted molar refractivity (Wildman–Crippen MR) is 87.2 cm³/mol. The molecule has 0 aliphatic carbocycles. The molecule has 24 heavy (non-hydrogen) atoms. The van der Waals surface area contributed by atoms with Crippen molar-refractivity contribution in [3.63, 3.8) is 0 Å². The van der Waals surface area contributed by atoms with Gasteiger partial charge in [0, 0.05) is 6.08 Å². The van der Waals surface area contributed by atoms with Crippen molar-refractivity contribution in [3.05, 3.63) is 34.9 Å². The highest BCUT2D eigenvalue weighted by Gasteiger charge is 2.44. The lowest BCUT2D eigenvalue weighted by Crippen LogP contribution is -2.13. The van der Waals surface area contributed by atoms with E-state index in [1.165, 1.54) is 13.2 Å². The topological polar surface area (TPSA) is 99.1 Å². The third-order valence-electron chi connectivity index (χ3n) is 3.48. The van der Waals surface area contributed by atoms with Crippen LogP contribution in [0.25, 0.3) is 6.08 Å². The number of benzene rings is 1. The van der Waals surface area contributed by atoms with Crippen molar-refractivity contribution in [1.29, 1.82) is 0 Å². The molecule has 0 spiro atoms. The van der Waals surface area contributed by atoms with Gasteiger partial charge in [0.2, 0.25) is 0 Å². The van der Waals surface area contributed by atoms with Gasteiger partial charge in [-0.1, -0.05) is 17.7 Å². The summed E-state index contributed by atoms with van der Waals surface area (Å²) < 4.78 is 28.7. The molecular weight excluding hydrogens is 335 g/mol. The molecule has 2 unspecified atom stereocenters. The number of carboxylic acids is 1. The molecule has 8 heteroatoms. The molecule has 2 rings (SSSR count). The van der Waals surface area contributed by atoms with Crippen LogP contribution >= 0.6 is 7.60 Å². The highest BCUT2D eigenvalue weighted by atomic mass is 31.2. The van der Waals surface area contributed by atoms with Crippen LogP contribution in [0.3, 0.4) is 0 Å². The maximum absolute atomic E-state index is 13.1. The molecule has 0 saturated carbocycles. The predicted octanol–water partition coefficient (Wildman–Crippen LogP) is 2.58. The molecule has 0 bridgehead atoms. The van der Waals surface area contributed by atoms with Gasteiger partial charge in [0.15, 0.2) is 0 Å². The fraction of sp³-hybridized carbons (Fsp3) is 0.375. The van der Waals surface area contributed by atoms with Crippen LogP contribution in [-0.4, -0.2) is 30.8 Å². The maximum Gasteiger partial charge on any atom is 0.362 e. The fourth-order valence-corrected chi connectivity index (χ4v) is 4.75. The normalized spacial score (nSPS) is 22.5. The van der Waals surface area contributed by atoms with Crippen molar-refractivity contribution in [2.45, 2.75) is 26.4 Å². The Morgan fingerprint density at radius 1 is 1.42 bits per heavy atom. The largest absolute Gasteiger partial charge is 0.478 e. The van der Waals surface area contributed by atoms with Crippen LogP contribution in [-0.2, 0) is 27.9 Å². The molecule has 1 N–H and O–H groups in total. The Morgan fingerprint density at radius 2 is 2.12 bits per heavy atom. The number of ether oxygens (including phenoxy) is 1. The summed E-state index contributed by atoms with van der Waals surface area (Å²) in [6.45, 7) is 3.65. The number of hydrogen-bond donors (Lipinski definition) is 1. The Morgan fingerprint density at radius 3 is 2.71 bits per heavy atom. The smallest absolute Gasteiger partial charge is 0.362 e. The molecule has 130 valence electrons. The Bertz CT molecular complexity index is 738. The van der Waals surface area contributed by atoms with Gasteiger partial charge in [0.25, 0.3) is 0 Å². The van der Waals surface area contributed by atoms with Gasteiger partial charge >= 0.3 is 19.5 Å². The minimum absolute atomic E-state index is 0.105. The van der Waals surface area contributed by atoms with Gasteiger partial charge in [-0.05, 0) is 31.1 Å². The van der Waals surface area contributed by atoms with Crippen molar-refractivity contribution >= 4 is 30.9 Å².